The number of aliphatic hydroxyl groups excluding tert-OH is 1. The number of carbonyl (C=O) groups excluding carboxylic acids is 2. The highest BCUT2D eigenvalue weighted by atomic mass is 16.5. The molecule has 9 nitrogen and oxygen atoms in total. The topological polar surface area (TPSA) is 97.8 Å². The molecule has 36 heavy (non-hydrogen) atoms. The Morgan fingerprint density at radius 3 is 2.19 bits per heavy atom. The molecule has 2 heterocycles. The summed E-state index contributed by atoms with van der Waals surface area (Å²) in [5.41, 5.74) is 1.07. The number of methoxy groups -OCH3 is 3. The summed E-state index contributed by atoms with van der Waals surface area (Å²) in [5, 5.41) is 11.2. The quantitative estimate of drug-likeness (QED) is 0.322. The Kier molecular flexibility index (Phi) is 8.12. The van der Waals surface area contributed by atoms with Gasteiger partial charge in [-0.25, -0.2) is 0 Å². The SMILES string of the molecule is COc1cc([C@@H]2C(=C(O)c3ccccc3)C(=O)C(=O)N2CCCN2CCOCC2)cc(OC)c1OC. The minimum atomic E-state index is -0.816. The summed E-state index contributed by atoms with van der Waals surface area (Å²) < 4.78 is 21.9. The number of benzene rings is 2. The molecule has 1 atom stereocenters. The van der Waals surface area contributed by atoms with Crippen LogP contribution in [0.25, 0.3) is 5.76 Å². The monoisotopic (exact) mass is 496 g/mol. The second-order valence-electron chi connectivity index (χ2n) is 8.62. The van der Waals surface area contributed by atoms with Gasteiger partial charge in [-0.05, 0) is 24.1 Å². The van der Waals surface area contributed by atoms with Crippen LogP contribution in [0.3, 0.4) is 0 Å². The number of ketones is 1. The van der Waals surface area contributed by atoms with Crippen molar-refractivity contribution in [3.63, 3.8) is 0 Å². The van der Waals surface area contributed by atoms with Crippen molar-refractivity contribution in [1.29, 1.82) is 0 Å². The first-order chi connectivity index (χ1) is 17.5. The van der Waals surface area contributed by atoms with Crippen molar-refractivity contribution in [2.24, 2.45) is 0 Å². The van der Waals surface area contributed by atoms with E-state index in [2.05, 4.69) is 4.90 Å². The van der Waals surface area contributed by atoms with Gasteiger partial charge in [-0.1, -0.05) is 30.3 Å². The zero-order valence-electron chi connectivity index (χ0n) is 20.9. The fourth-order valence-corrected chi connectivity index (χ4v) is 4.76. The number of morpholine rings is 1. The van der Waals surface area contributed by atoms with Crippen molar-refractivity contribution in [2.75, 3.05) is 60.7 Å². The van der Waals surface area contributed by atoms with Crippen LogP contribution in [0.5, 0.6) is 17.2 Å². The van der Waals surface area contributed by atoms with Crippen LogP contribution in [-0.2, 0) is 14.3 Å². The third kappa shape index (κ3) is 5.03. The molecule has 0 spiro atoms. The molecule has 2 aromatic rings. The van der Waals surface area contributed by atoms with Crippen molar-refractivity contribution in [3.8, 4) is 17.2 Å². The Hall–Kier alpha value is -3.56. The maximum atomic E-state index is 13.3. The second kappa shape index (κ2) is 11.5. The fourth-order valence-electron chi connectivity index (χ4n) is 4.76. The zero-order chi connectivity index (χ0) is 25.7. The Bertz CT molecular complexity index is 1100. The minimum Gasteiger partial charge on any atom is -0.507 e. The van der Waals surface area contributed by atoms with Gasteiger partial charge in [0.05, 0.1) is 46.2 Å². The summed E-state index contributed by atoms with van der Waals surface area (Å²) in [6.07, 6.45) is 0.666. The first-order valence-corrected chi connectivity index (χ1v) is 11.9. The second-order valence-corrected chi connectivity index (χ2v) is 8.62. The lowest BCUT2D eigenvalue weighted by Crippen LogP contribution is -2.39. The third-order valence-corrected chi connectivity index (χ3v) is 6.57. The number of likely N-dealkylation sites (tertiary alicyclic amines) is 1. The highest BCUT2D eigenvalue weighted by molar-refractivity contribution is 6.46. The molecule has 0 unspecified atom stereocenters. The summed E-state index contributed by atoms with van der Waals surface area (Å²) in [7, 11) is 4.52. The maximum Gasteiger partial charge on any atom is 0.295 e. The van der Waals surface area contributed by atoms with Crippen LogP contribution in [0.1, 0.15) is 23.6 Å². The largest absolute Gasteiger partial charge is 0.507 e. The minimum absolute atomic E-state index is 0.0341. The third-order valence-electron chi connectivity index (χ3n) is 6.57. The number of amides is 1. The highest BCUT2D eigenvalue weighted by Crippen LogP contribution is 2.45. The molecule has 2 aliphatic heterocycles. The molecule has 192 valence electrons. The first-order valence-electron chi connectivity index (χ1n) is 11.9. The molecule has 0 saturated carbocycles. The van der Waals surface area contributed by atoms with Crippen molar-refractivity contribution in [3.05, 3.63) is 59.2 Å². The van der Waals surface area contributed by atoms with E-state index in [4.69, 9.17) is 18.9 Å². The molecule has 1 N–H and O–H groups in total. The smallest absolute Gasteiger partial charge is 0.295 e. The maximum absolute atomic E-state index is 13.3. The Morgan fingerprint density at radius 1 is 0.972 bits per heavy atom. The Balaban J connectivity index is 1.76. The summed E-state index contributed by atoms with van der Waals surface area (Å²) in [4.78, 5) is 30.3. The number of aliphatic hydroxyl groups is 1. The summed E-state index contributed by atoms with van der Waals surface area (Å²) in [5.74, 6) is -0.398. The highest BCUT2D eigenvalue weighted by Gasteiger charge is 2.46. The number of ether oxygens (including phenoxy) is 4. The zero-order valence-corrected chi connectivity index (χ0v) is 20.9. The average molecular weight is 497 g/mol. The van der Waals surface area contributed by atoms with Crippen LogP contribution >= 0.6 is 0 Å². The van der Waals surface area contributed by atoms with Gasteiger partial charge in [-0.15, -0.1) is 0 Å². The summed E-state index contributed by atoms with van der Waals surface area (Å²) in [6, 6.07) is 11.4. The standard InChI is InChI=1S/C27H32N2O7/c1-33-20-16-19(17-21(34-2)26(20)35-3)23-22(24(30)18-8-5-4-6-9-18)25(31)27(32)29(23)11-7-10-28-12-14-36-15-13-28/h4-6,8-9,16-17,23,30H,7,10-15H2,1-3H3/t23-/m1/s1. The van der Waals surface area contributed by atoms with E-state index in [1.807, 2.05) is 6.07 Å². The lowest BCUT2D eigenvalue weighted by Gasteiger charge is -2.29. The van der Waals surface area contributed by atoms with Crippen molar-refractivity contribution >= 4 is 17.4 Å². The molecule has 0 aliphatic carbocycles. The van der Waals surface area contributed by atoms with E-state index in [1.54, 1.807) is 36.4 Å². The lowest BCUT2D eigenvalue weighted by molar-refractivity contribution is -0.140. The van der Waals surface area contributed by atoms with Gasteiger partial charge in [-0.2, -0.15) is 0 Å². The van der Waals surface area contributed by atoms with Crippen LogP contribution in [0.15, 0.2) is 48.0 Å². The molecule has 2 saturated heterocycles. The van der Waals surface area contributed by atoms with E-state index in [9.17, 15) is 14.7 Å². The van der Waals surface area contributed by atoms with E-state index in [1.165, 1.54) is 26.2 Å². The van der Waals surface area contributed by atoms with E-state index in [0.29, 0.717) is 54.6 Å². The van der Waals surface area contributed by atoms with Crippen molar-refractivity contribution < 1.29 is 33.6 Å². The fraction of sp³-hybridized carbons (Fsp3) is 0.407. The number of hydrogen-bond donors (Lipinski definition) is 1. The molecule has 2 aliphatic rings. The number of nitrogens with zero attached hydrogens (tertiary/aromatic N) is 2. The number of carbonyl (C=O) groups is 2. The lowest BCUT2D eigenvalue weighted by atomic mass is 9.94. The van der Waals surface area contributed by atoms with Crippen molar-refractivity contribution in [1.82, 2.24) is 9.80 Å². The molecule has 2 aromatic carbocycles. The summed E-state index contributed by atoms with van der Waals surface area (Å²) >= 11 is 0. The molecule has 0 aromatic heterocycles. The summed E-state index contributed by atoms with van der Waals surface area (Å²) in [6.45, 7) is 4.16. The Labute approximate surface area is 210 Å². The van der Waals surface area contributed by atoms with Crippen LogP contribution in [0.4, 0.5) is 0 Å². The number of hydrogen-bond acceptors (Lipinski definition) is 8. The van der Waals surface area contributed by atoms with Crippen molar-refractivity contribution in [2.45, 2.75) is 12.5 Å². The molecule has 0 bridgehead atoms. The number of Topliss-reactive ketones (excluding diaryl/α,β-unsaturated/α-hetero) is 1. The molecule has 4 rings (SSSR count). The first kappa shape index (κ1) is 25.5. The molecular weight excluding hydrogens is 464 g/mol. The van der Waals surface area contributed by atoms with E-state index in [0.717, 1.165) is 19.6 Å². The van der Waals surface area contributed by atoms with Gasteiger partial charge >= 0.3 is 0 Å². The van der Waals surface area contributed by atoms with Crippen LogP contribution in [0, 0.1) is 0 Å². The van der Waals surface area contributed by atoms with Gasteiger partial charge in [0.15, 0.2) is 11.5 Å². The van der Waals surface area contributed by atoms with Gasteiger partial charge in [-0.3, -0.25) is 14.5 Å². The van der Waals surface area contributed by atoms with E-state index < -0.39 is 17.7 Å². The average Bonchev–Trinajstić information content (AvgIpc) is 3.17. The molecule has 9 heteroatoms. The molecular formula is C27H32N2O7. The van der Waals surface area contributed by atoms with E-state index in [-0.39, 0.29) is 11.3 Å². The normalized spacial score (nSPS) is 20.0. The molecule has 2 fully saturated rings. The number of rotatable bonds is 9. The van der Waals surface area contributed by atoms with Gasteiger partial charge in [0.1, 0.15) is 5.76 Å². The van der Waals surface area contributed by atoms with Gasteiger partial charge in [0, 0.05) is 31.7 Å². The van der Waals surface area contributed by atoms with Gasteiger partial charge in [0.25, 0.3) is 11.7 Å². The van der Waals surface area contributed by atoms with Crippen LogP contribution in [0.2, 0.25) is 0 Å². The molecule has 0 radical (unpaired) electrons. The van der Waals surface area contributed by atoms with Gasteiger partial charge < -0.3 is 29.0 Å². The predicted octanol–water partition coefficient (Wildman–Crippen LogP) is 2.86. The van der Waals surface area contributed by atoms with Gasteiger partial charge in [0.2, 0.25) is 5.75 Å². The Morgan fingerprint density at radius 2 is 1.61 bits per heavy atom. The predicted molar refractivity (Wildman–Crippen MR) is 133 cm³/mol. The van der Waals surface area contributed by atoms with E-state index >= 15 is 0 Å². The van der Waals surface area contributed by atoms with Crippen LogP contribution < -0.4 is 14.2 Å². The molecule has 1 amide bonds. The van der Waals surface area contributed by atoms with Crippen LogP contribution in [-0.4, -0.2) is 87.3 Å².